The third kappa shape index (κ3) is 2.86. The van der Waals surface area contributed by atoms with Gasteiger partial charge in [0.15, 0.2) is 0 Å². The molecular weight excluding hydrogens is 176 g/mol. The zero-order chi connectivity index (χ0) is 10.6. The molecule has 1 aliphatic rings. The highest BCUT2D eigenvalue weighted by Crippen LogP contribution is 2.40. The zero-order valence-corrected chi connectivity index (χ0v) is 9.27. The summed E-state index contributed by atoms with van der Waals surface area (Å²) < 4.78 is 4.66. The van der Waals surface area contributed by atoms with Crippen LogP contribution in [0.15, 0.2) is 12.2 Å². The molecule has 0 aromatic carbocycles. The summed E-state index contributed by atoms with van der Waals surface area (Å²) in [6.45, 7) is 6.04. The normalized spacial score (nSPS) is 20.1. The maximum absolute atomic E-state index is 11.2. The number of carbonyl (C=O) groups is 1. The van der Waals surface area contributed by atoms with E-state index in [1.54, 1.807) is 0 Å². The van der Waals surface area contributed by atoms with Crippen molar-refractivity contribution in [2.45, 2.75) is 45.4 Å². The number of hydrogen-bond donors (Lipinski definition) is 0. The van der Waals surface area contributed by atoms with E-state index in [2.05, 4.69) is 18.2 Å². The second-order valence-electron chi connectivity index (χ2n) is 4.64. The lowest BCUT2D eigenvalue weighted by Gasteiger charge is -2.33. The standard InChI is InChI=1S/C12H20O2/c1-10(11(13)14-3)9-12(2)7-5-4-6-8-12/h1,4-9H2,2-3H3. The van der Waals surface area contributed by atoms with Crippen LogP contribution in [0.5, 0.6) is 0 Å². The minimum absolute atomic E-state index is 0.253. The molecular formula is C12H20O2. The van der Waals surface area contributed by atoms with Gasteiger partial charge >= 0.3 is 5.97 Å². The third-order valence-electron chi connectivity index (χ3n) is 3.17. The van der Waals surface area contributed by atoms with Crippen LogP contribution >= 0.6 is 0 Å². The topological polar surface area (TPSA) is 26.3 Å². The van der Waals surface area contributed by atoms with Crippen LogP contribution < -0.4 is 0 Å². The van der Waals surface area contributed by atoms with Gasteiger partial charge in [0.05, 0.1) is 7.11 Å². The summed E-state index contributed by atoms with van der Waals surface area (Å²) in [5.74, 6) is -0.253. The Bertz CT molecular complexity index is 224. The van der Waals surface area contributed by atoms with E-state index in [4.69, 9.17) is 0 Å². The van der Waals surface area contributed by atoms with Crippen LogP contribution in [0, 0.1) is 5.41 Å². The summed E-state index contributed by atoms with van der Waals surface area (Å²) in [4.78, 5) is 11.2. The molecule has 0 saturated heterocycles. The van der Waals surface area contributed by atoms with Gasteiger partial charge in [0.25, 0.3) is 0 Å². The Morgan fingerprint density at radius 3 is 2.43 bits per heavy atom. The molecule has 0 unspecified atom stereocenters. The van der Waals surface area contributed by atoms with Crippen molar-refractivity contribution in [3.8, 4) is 0 Å². The van der Waals surface area contributed by atoms with E-state index >= 15 is 0 Å². The molecule has 80 valence electrons. The number of methoxy groups -OCH3 is 1. The molecule has 14 heavy (non-hydrogen) atoms. The molecule has 2 nitrogen and oxygen atoms in total. The molecule has 2 heteroatoms. The van der Waals surface area contributed by atoms with Crippen LogP contribution in [0.4, 0.5) is 0 Å². The maximum atomic E-state index is 11.2. The highest BCUT2D eigenvalue weighted by atomic mass is 16.5. The Morgan fingerprint density at radius 2 is 1.93 bits per heavy atom. The summed E-state index contributed by atoms with van der Waals surface area (Å²) >= 11 is 0. The lowest BCUT2D eigenvalue weighted by Crippen LogP contribution is -2.22. The van der Waals surface area contributed by atoms with Crippen LogP contribution in [-0.4, -0.2) is 13.1 Å². The predicted octanol–water partition coefficient (Wildman–Crippen LogP) is 3.08. The minimum atomic E-state index is -0.253. The summed E-state index contributed by atoms with van der Waals surface area (Å²) in [7, 11) is 1.41. The van der Waals surface area contributed by atoms with Gasteiger partial charge in [0.1, 0.15) is 0 Å². The number of carbonyl (C=O) groups excluding carboxylic acids is 1. The molecule has 0 spiro atoms. The van der Waals surface area contributed by atoms with Gasteiger partial charge in [-0.2, -0.15) is 0 Å². The van der Waals surface area contributed by atoms with Gasteiger partial charge in [-0.1, -0.05) is 32.8 Å². The molecule has 1 aliphatic carbocycles. The fraction of sp³-hybridized carbons (Fsp3) is 0.750. The first-order valence-electron chi connectivity index (χ1n) is 5.33. The van der Waals surface area contributed by atoms with E-state index in [1.807, 2.05) is 0 Å². The molecule has 0 bridgehead atoms. The first-order chi connectivity index (χ1) is 6.57. The minimum Gasteiger partial charge on any atom is -0.466 e. The van der Waals surface area contributed by atoms with Crippen molar-refractivity contribution in [2.75, 3.05) is 7.11 Å². The number of ether oxygens (including phenoxy) is 1. The summed E-state index contributed by atoms with van der Waals surface area (Å²) in [5, 5.41) is 0. The molecule has 0 atom stereocenters. The second-order valence-corrected chi connectivity index (χ2v) is 4.64. The predicted molar refractivity (Wildman–Crippen MR) is 57.0 cm³/mol. The van der Waals surface area contributed by atoms with Gasteiger partial charge in [0.2, 0.25) is 0 Å². The molecule has 0 N–H and O–H groups in total. The SMILES string of the molecule is C=C(CC1(C)CCCCC1)C(=O)OC. The van der Waals surface area contributed by atoms with Crippen molar-refractivity contribution in [3.05, 3.63) is 12.2 Å². The first-order valence-corrected chi connectivity index (χ1v) is 5.33. The smallest absolute Gasteiger partial charge is 0.333 e. The maximum Gasteiger partial charge on any atom is 0.333 e. The molecule has 0 aromatic heterocycles. The quantitative estimate of drug-likeness (QED) is 0.512. The van der Waals surface area contributed by atoms with Gasteiger partial charge in [-0.3, -0.25) is 0 Å². The average Bonchev–Trinajstić information content (AvgIpc) is 2.17. The Balaban J connectivity index is 2.49. The van der Waals surface area contributed by atoms with Crippen molar-refractivity contribution in [1.82, 2.24) is 0 Å². The van der Waals surface area contributed by atoms with Crippen LogP contribution in [0.25, 0.3) is 0 Å². The highest BCUT2D eigenvalue weighted by molar-refractivity contribution is 5.87. The van der Waals surface area contributed by atoms with E-state index < -0.39 is 0 Å². The van der Waals surface area contributed by atoms with Crippen LogP contribution in [0.2, 0.25) is 0 Å². The fourth-order valence-corrected chi connectivity index (χ4v) is 2.31. The largest absolute Gasteiger partial charge is 0.466 e. The van der Waals surface area contributed by atoms with E-state index in [0.717, 1.165) is 6.42 Å². The van der Waals surface area contributed by atoms with E-state index in [-0.39, 0.29) is 11.4 Å². The molecule has 0 amide bonds. The number of rotatable bonds is 3. The molecule has 0 aliphatic heterocycles. The summed E-state index contributed by atoms with van der Waals surface area (Å²) in [6, 6.07) is 0. The Morgan fingerprint density at radius 1 is 1.36 bits per heavy atom. The molecule has 0 radical (unpaired) electrons. The van der Waals surface area contributed by atoms with Crippen molar-refractivity contribution >= 4 is 5.97 Å². The second kappa shape index (κ2) is 4.63. The molecule has 1 rings (SSSR count). The summed E-state index contributed by atoms with van der Waals surface area (Å²) in [5.41, 5.74) is 0.903. The highest BCUT2D eigenvalue weighted by Gasteiger charge is 2.29. The monoisotopic (exact) mass is 196 g/mol. The van der Waals surface area contributed by atoms with Crippen molar-refractivity contribution in [2.24, 2.45) is 5.41 Å². The van der Waals surface area contributed by atoms with E-state index in [9.17, 15) is 4.79 Å². The van der Waals surface area contributed by atoms with E-state index in [0.29, 0.717) is 5.57 Å². The Labute approximate surface area is 86.3 Å². The molecule has 1 fully saturated rings. The fourth-order valence-electron chi connectivity index (χ4n) is 2.31. The third-order valence-corrected chi connectivity index (χ3v) is 3.17. The average molecular weight is 196 g/mol. The van der Waals surface area contributed by atoms with Crippen molar-refractivity contribution in [3.63, 3.8) is 0 Å². The Kier molecular flexibility index (Phi) is 3.73. The van der Waals surface area contributed by atoms with Crippen LogP contribution in [-0.2, 0) is 9.53 Å². The summed E-state index contributed by atoms with van der Waals surface area (Å²) in [6.07, 6.45) is 7.11. The zero-order valence-electron chi connectivity index (χ0n) is 9.27. The van der Waals surface area contributed by atoms with Gasteiger partial charge in [-0.15, -0.1) is 0 Å². The van der Waals surface area contributed by atoms with Crippen LogP contribution in [0.1, 0.15) is 45.4 Å². The number of hydrogen-bond acceptors (Lipinski definition) is 2. The van der Waals surface area contributed by atoms with Gasteiger partial charge in [-0.25, -0.2) is 4.79 Å². The Hall–Kier alpha value is -0.790. The van der Waals surface area contributed by atoms with Gasteiger partial charge < -0.3 is 4.74 Å². The van der Waals surface area contributed by atoms with E-state index in [1.165, 1.54) is 39.2 Å². The molecule has 0 aromatic rings. The van der Waals surface area contributed by atoms with Crippen molar-refractivity contribution < 1.29 is 9.53 Å². The first kappa shape index (κ1) is 11.3. The molecule has 1 saturated carbocycles. The lowest BCUT2D eigenvalue weighted by atomic mass is 9.72. The van der Waals surface area contributed by atoms with Gasteiger partial charge in [-0.05, 0) is 24.7 Å². The lowest BCUT2D eigenvalue weighted by molar-refractivity contribution is -0.136. The number of esters is 1. The van der Waals surface area contributed by atoms with Gasteiger partial charge in [0, 0.05) is 5.57 Å². The van der Waals surface area contributed by atoms with Crippen molar-refractivity contribution in [1.29, 1.82) is 0 Å². The van der Waals surface area contributed by atoms with Crippen LogP contribution in [0.3, 0.4) is 0 Å². The molecule has 0 heterocycles.